The Bertz CT molecular complexity index is 404. The number of hydrogen-bond acceptors (Lipinski definition) is 2. The summed E-state index contributed by atoms with van der Waals surface area (Å²) < 4.78 is 1.02. The van der Waals surface area contributed by atoms with Crippen molar-refractivity contribution >= 4 is 39.5 Å². The SMILES string of the molecule is C=CCNC(=S)NN=Cc1cccc(Br)c1. The van der Waals surface area contributed by atoms with Crippen LogP contribution in [-0.2, 0) is 0 Å². The minimum Gasteiger partial charge on any atom is -0.358 e. The first-order valence-electron chi connectivity index (χ1n) is 4.66. The van der Waals surface area contributed by atoms with Gasteiger partial charge in [0, 0.05) is 11.0 Å². The molecule has 0 saturated heterocycles. The van der Waals surface area contributed by atoms with Gasteiger partial charge in [0.05, 0.1) is 6.21 Å². The van der Waals surface area contributed by atoms with Crippen LogP contribution in [0.5, 0.6) is 0 Å². The van der Waals surface area contributed by atoms with Crippen LogP contribution in [0.15, 0.2) is 46.5 Å². The molecule has 0 aliphatic rings. The first-order valence-corrected chi connectivity index (χ1v) is 5.86. The average molecular weight is 298 g/mol. The molecule has 2 N–H and O–H groups in total. The van der Waals surface area contributed by atoms with Gasteiger partial charge in [-0.15, -0.1) is 6.58 Å². The number of benzene rings is 1. The zero-order chi connectivity index (χ0) is 11.8. The number of nitrogens with zero attached hydrogens (tertiary/aromatic N) is 1. The Labute approximate surface area is 109 Å². The Morgan fingerprint density at radius 2 is 2.38 bits per heavy atom. The Kier molecular flexibility index (Phi) is 5.74. The molecular weight excluding hydrogens is 286 g/mol. The van der Waals surface area contributed by atoms with Crippen molar-refractivity contribution in [2.45, 2.75) is 0 Å². The second-order valence-corrected chi connectivity index (χ2v) is 4.25. The summed E-state index contributed by atoms with van der Waals surface area (Å²) >= 11 is 8.35. The van der Waals surface area contributed by atoms with Crippen molar-refractivity contribution in [3.8, 4) is 0 Å². The van der Waals surface area contributed by atoms with Gasteiger partial charge in [-0.05, 0) is 29.9 Å². The zero-order valence-electron chi connectivity index (χ0n) is 8.61. The highest BCUT2D eigenvalue weighted by Crippen LogP contribution is 2.09. The third-order valence-corrected chi connectivity index (χ3v) is 2.36. The summed E-state index contributed by atoms with van der Waals surface area (Å²) in [5.41, 5.74) is 3.71. The molecule has 1 aromatic rings. The van der Waals surface area contributed by atoms with E-state index in [1.54, 1.807) is 12.3 Å². The number of rotatable bonds is 4. The molecule has 0 amide bonds. The van der Waals surface area contributed by atoms with Crippen LogP contribution in [0.4, 0.5) is 0 Å². The second kappa shape index (κ2) is 7.14. The highest BCUT2D eigenvalue weighted by atomic mass is 79.9. The molecule has 0 aliphatic heterocycles. The molecular formula is C11H12BrN3S. The average Bonchev–Trinajstić information content (AvgIpc) is 2.26. The van der Waals surface area contributed by atoms with Crippen LogP contribution in [0.3, 0.4) is 0 Å². The van der Waals surface area contributed by atoms with E-state index in [-0.39, 0.29) is 0 Å². The summed E-state index contributed by atoms with van der Waals surface area (Å²) in [7, 11) is 0. The molecule has 3 nitrogen and oxygen atoms in total. The van der Waals surface area contributed by atoms with E-state index < -0.39 is 0 Å². The Morgan fingerprint density at radius 1 is 1.56 bits per heavy atom. The Morgan fingerprint density at radius 3 is 3.06 bits per heavy atom. The summed E-state index contributed by atoms with van der Waals surface area (Å²) in [5, 5.41) is 7.39. The Balaban J connectivity index is 2.42. The van der Waals surface area contributed by atoms with Crippen molar-refractivity contribution in [1.82, 2.24) is 10.7 Å². The van der Waals surface area contributed by atoms with Gasteiger partial charge in [0.25, 0.3) is 0 Å². The van der Waals surface area contributed by atoms with E-state index in [1.807, 2.05) is 24.3 Å². The fourth-order valence-corrected chi connectivity index (χ4v) is 1.51. The third-order valence-electron chi connectivity index (χ3n) is 1.64. The van der Waals surface area contributed by atoms with Gasteiger partial charge in [-0.1, -0.05) is 34.1 Å². The largest absolute Gasteiger partial charge is 0.358 e. The third kappa shape index (κ3) is 5.04. The maximum absolute atomic E-state index is 4.97. The second-order valence-electron chi connectivity index (χ2n) is 2.92. The van der Waals surface area contributed by atoms with Crippen LogP contribution in [0.1, 0.15) is 5.56 Å². The number of nitrogens with one attached hydrogen (secondary N) is 2. The first-order chi connectivity index (χ1) is 7.72. The molecule has 0 saturated carbocycles. The molecule has 16 heavy (non-hydrogen) atoms. The lowest BCUT2D eigenvalue weighted by atomic mass is 10.2. The van der Waals surface area contributed by atoms with E-state index in [1.165, 1.54) is 0 Å². The molecule has 0 bridgehead atoms. The minimum atomic E-state index is 0.478. The van der Waals surface area contributed by atoms with Crippen molar-refractivity contribution in [3.05, 3.63) is 47.0 Å². The highest BCUT2D eigenvalue weighted by molar-refractivity contribution is 9.10. The molecule has 0 radical (unpaired) electrons. The fourth-order valence-electron chi connectivity index (χ4n) is 0.957. The Hall–Kier alpha value is -1.20. The molecule has 1 rings (SSSR count). The topological polar surface area (TPSA) is 36.4 Å². The summed E-state index contributed by atoms with van der Waals surface area (Å²) in [4.78, 5) is 0. The van der Waals surface area contributed by atoms with Gasteiger partial charge in [-0.3, -0.25) is 5.43 Å². The van der Waals surface area contributed by atoms with Gasteiger partial charge >= 0.3 is 0 Å². The van der Waals surface area contributed by atoms with E-state index in [0.29, 0.717) is 11.7 Å². The van der Waals surface area contributed by atoms with Crippen LogP contribution in [0.25, 0.3) is 0 Å². The van der Waals surface area contributed by atoms with Gasteiger partial charge in [-0.2, -0.15) is 5.10 Å². The molecule has 0 spiro atoms. The van der Waals surface area contributed by atoms with Crippen LogP contribution in [0, 0.1) is 0 Å². The number of halogens is 1. The first kappa shape index (κ1) is 12.9. The minimum absolute atomic E-state index is 0.478. The lowest BCUT2D eigenvalue weighted by Crippen LogP contribution is -2.31. The normalized spacial score (nSPS) is 10.1. The van der Waals surface area contributed by atoms with Gasteiger partial charge in [-0.25, -0.2) is 0 Å². The number of thiocarbonyl (C=S) groups is 1. The highest BCUT2D eigenvalue weighted by Gasteiger charge is 1.90. The number of hydrogen-bond donors (Lipinski definition) is 2. The molecule has 0 fully saturated rings. The zero-order valence-corrected chi connectivity index (χ0v) is 11.0. The van der Waals surface area contributed by atoms with E-state index in [4.69, 9.17) is 12.2 Å². The van der Waals surface area contributed by atoms with E-state index >= 15 is 0 Å². The van der Waals surface area contributed by atoms with Gasteiger partial charge in [0.2, 0.25) is 0 Å². The monoisotopic (exact) mass is 297 g/mol. The van der Waals surface area contributed by atoms with E-state index in [9.17, 15) is 0 Å². The van der Waals surface area contributed by atoms with Gasteiger partial charge in [0.15, 0.2) is 5.11 Å². The molecule has 0 aromatic heterocycles. The van der Waals surface area contributed by atoms with Crippen molar-refractivity contribution in [2.75, 3.05) is 6.54 Å². The van der Waals surface area contributed by atoms with E-state index in [0.717, 1.165) is 10.0 Å². The quantitative estimate of drug-likeness (QED) is 0.388. The molecule has 1 aromatic carbocycles. The van der Waals surface area contributed by atoms with Crippen LogP contribution < -0.4 is 10.7 Å². The molecule has 0 atom stereocenters. The van der Waals surface area contributed by atoms with Crippen molar-refractivity contribution in [2.24, 2.45) is 5.10 Å². The summed E-state index contributed by atoms with van der Waals surface area (Å²) in [6.07, 6.45) is 3.43. The van der Waals surface area contributed by atoms with E-state index in [2.05, 4.69) is 38.4 Å². The molecule has 0 unspecified atom stereocenters. The molecule has 84 valence electrons. The smallest absolute Gasteiger partial charge is 0.187 e. The molecule has 0 aliphatic carbocycles. The van der Waals surface area contributed by atoms with Crippen molar-refractivity contribution in [1.29, 1.82) is 0 Å². The molecule has 0 heterocycles. The predicted octanol–water partition coefficient (Wildman–Crippen LogP) is 2.43. The summed E-state index contributed by atoms with van der Waals surface area (Å²) in [6.45, 7) is 4.20. The summed E-state index contributed by atoms with van der Waals surface area (Å²) in [6, 6.07) is 7.82. The van der Waals surface area contributed by atoms with Crippen molar-refractivity contribution < 1.29 is 0 Å². The van der Waals surface area contributed by atoms with Gasteiger partial charge in [0.1, 0.15) is 0 Å². The standard InChI is InChI=1S/C11H12BrN3S/c1-2-6-13-11(16)15-14-8-9-4-3-5-10(12)7-9/h2-5,7-8H,1,6H2,(H2,13,15,16). The maximum Gasteiger partial charge on any atom is 0.187 e. The predicted molar refractivity (Wildman–Crippen MR) is 75.7 cm³/mol. The van der Waals surface area contributed by atoms with Crippen LogP contribution in [-0.4, -0.2) is 17.9 Å². The lowest BCUT2D eigenvalue weighted by Gasteiger charge is -2.02. The maximum atomic E-state index is 4.97. The van der Waals surface area contributed by atoms with Crippen LogP contribution >= 0.6 is 28.1 Å². The van der Waals surface area contributed by atoms with Gasteiger partial charge < -0.3 is 5.32 Å². The van der Waals surface area contributed by atoms with Crippen molar-refractivity contribution in [3.63, 3.8) is 0 Å². The van der Waals surface area contributed by atoms with Crippen LogP contribution in [0.2, 0.25) is 0 Å². The fraction of sp³-hybridized carbons (Fsp3) is 0.0909. The summed E-state index contributed by atoms with van der Waals surface area (Å²) in [5.74, 6) is 0. The molecule has 5 heteroatoms. The number of hydrazone groups is 1. The lowest BCUT2D eigenvalue weighted by molar-refractivity contribution is 0.942.